The molecule has 1 aromatic rings. The van der Waals surface area contributed by atoms with Gasteiger partial charge in [-0.15, -0.1) is 5.10 Å². The molecule has 0 saturated heterocycles. The van der Waals surface area contributed by atoms with Crippen molar-refractivity contribution in [3.05, 3.63) is 40.4 Å². The lowest BCUT2D eigenvalue weighted by molar-refractivity contribution is 1.22. The van der Waals surface area contributed by atoms with Gasteiger partial charge >= 0.3 is 0 Å². The van der Waals surface area contributed by atoms with Crippen LogP contribution in [0.1, 0.15) is 5.56 Å². The van der Waals surface area contributed by atoms with E-state index >= 15 is 0 Å². The molecular formula is C10H11BrN4. The van der Waals surface area contributed by atoms with Crippen molar-refractivity contribution in [1.82, 2.24) is 0 Å². The number of benzene rings is 1. The van der Waals surface area contributed by atoms with Gasteiger partial charge in [0.15, 0.2) is 0 Å². The Morgan fingerprint density at radius 2 is 1.87 bits per heavy atom. The summed E-state index contributed by atoms with van der Waals surface area (Å²) in [5.41, 5.74) is 11.3. The van der Waals surface area contributed by atoms with Crippen molar-refractivity contribution in [2.24, 2.45) is 21.7 Å². The average Bonchev–Trinajstić information content (AvgIpc) is 2.18. The van der Waals surface area contributed by atoms with E-state index in [1.165, 1.54) is 6.21 Å². The fourth-order valence-corrected chi connectivity index (χ4v) is 1.25. The first kappa shape index (κ1) is 11.5. The molecule has 0 unspecified atom stereocenters. The first-order chi connectivity index (χ1) is 7.18. The van der Waals surface area contributed by atoms with Gasteiger partial charge in [-0.3, -0.25) is 0 Å². The highest BCUT2D eigenvalue weighted by Crippen LogP contribution is 2.09. The summed E-state index contributed by atoms with van der Waals surface area (Å²) in [5.74, 6) is -0.0636. The number of nitrogens with zero attached hydrogens (tertiary/aromatic N) is 2. The van der Waals surface area contributed by atoms with E-state index in [0.29, 0.717) is 0 Å². The number of allylic oxidation sites excluding steroid dienone is 1. The van der Waals surface area contributed by atoms with Crippen LogP contribution in [0.3, 0.4) is 0 Å². The summed E-state index contributed by atoms with van der Waals surface area (Å²) in [4.78, 5) is 0. The van der Waals surface area contributed by atoms with Crippen LogP contribution in [0.25, 0.3) is 6.08 Å². The highest BCUT2D eigenvalue weighted by molar-refractivity contribution is 9.12. The monoisotopic (exact) mass is 266 g/mol. The molecule has 4 N–H and O–H groups in total. The minimum atomic E-state index is -0.0636. The van der Waals surface area contributed by atoms with E-state index in [1.807, 2.05) is 36.4 Å². The molecule has 1 aromatic carbocycles. The van der Waals surface area contributed by atoms with Crippen molar-refractivity contribution in [3.8, 4) is 0 Å². The van der Waals surface area contributed by atoms with E-state index in [4.69, 9.17) is 11.5 Å². The van der Waals surface area contributed by atoms with Crippen molar-refractivity contribution in [1.29, 1.82) is 0 Å². The molecule has 0 saturated carbocycles. The van der Waals surface area contributed by atoms with Crippen LogP contribution in [0.4, 0.5) is 0 Å². The highest BCUT2D eigenvalue weighted by atomic mass is 79.9. The summed E-state index contributed by atoms with van der Waals surface area (Å²) in [7, 11) is 0. The second-order valence-corrected chi connectivity index (χ2v) is 3.63. The maximum absolute atomic E-state index is 5.11. The number of rotatable bonds is 3. The van der Waals surface area contributed by atoms with E-state index < -0.39 is 0 Å². The number of hydrogen-bond acceptors (Lipinski definition) is 2. The molecule has 1 rings (SSSR count). The quantitative estimate of drug-likeness (QED) is 0.496. The largest absolute Gasteiger partial charge is 0.369 e. The maximum Gasteiger partial charge on any atom is 0.211 e. The third kappa shape index (κ3) is 4.97. The fraction of sp³-hybridized carbons (Fsp3) is 0. The third-order valence-corrected chi connectivity index (χ3v) is 1.89. The molecule has 0 aliphatic rings. The zero-order valence-corrected chi connectivity index (χ0v) is 9.55. The molecular weight excluding hydrogens is 256 g/mol. The zero-order chi connectivity index (χ0) is 11.1. The Balaban J connectivity index is 2.69. The predicted molar refractivity (Wildman–Crippen MR) is 67.6 cm³/mol. The van der Waals surface area contributed by atoms with Crippen LogP contribution in [-0.4, -0.2) is 12.2 Å². The second-order valence-electron chi connectivity index (χ2n) is 2.71. The summed E-state index contributed by atoms with van der Waals surface area (Å²) < 4.78 is 0.790. The molecule has 0 aliphatic heterocycles. The number of guanidine groups is 1. The SMILES string of the molecule is NC(N)=N/N=C\C(Br)=C/c1ccccc1. The molecule has 0 atom stereocenters. The van der Waals surface area contributed by atoms with Gasteiger partial charge in [-0.25, -0.2) is 0 Å². The van der Waals surface area contributed by atoms with E-state index in [0.717, 1.165) is 10.0 Å². The van der Waals surface area contributed by atoms with Gasteiger partial charge in [-0.05, 0) is 27.6 Å². The highest BCUT2D eigenvalue weighted by Gasteiger charge is 1.88. The molecule has 4 nitrogen and oxygen atoms in total. The lowest BCUT2D eigenvalue weighted by atomic mass is 10.2. The molecule has 0 radical (unpaired) electrons. The van der Waals surface area contributed by atoms with Crippen LogP contribution in [0.5, 0.6) is 0 Å². The first-order valence-corrected chi connectivity index (χ1v) is 5.02. The smallest absolute Gasteiger partial charge is 0.211 e. The van der Waals surface area contributed by atoms with Gasteiger partial charge in [0.05, 0.1) is 6.21 Å². The normalized spacial score (nSPS) is 11.7. The minimum Gasteiger partial charge on any atom is -0.369 e. The molecule has 0 heterocycles. The Hall–Kier alpha value is -1.62. The number of nitrogens with two attached hydrogens (primary N) is 2. The lowest BCUT2D eigenvalue weighted by Gasteiger charge is -1.91. The van der Waals surface area contributed by atoms with Gasteiger partial charge in [0.1, 0.15) is 0 Å². The van der Waals surface area contributed by atoms with Crippen LogP contribution >= 0.6 is 15.9 Å². The Labute approximate surface area is 96.5 Å². The number of hydrogen-bond donors (Lipinski definition) is 2. The molecule has 0 fully saturated rings. The molecule has 0 bridgehead atoms. The van der Waals surface area contributed by atoms with E-state index in [1.54, 1.807) is 0 Å². The van der Waals surface area contributed by atoms with Crippen molar-refractivity contribution in [2.75, 3.05) is 0 Å². The average molecular weight is 267 g/mol. The maximum atomic E-state index is 5.11. The van der Waals surface area contributed by atoms with E-state index in [-0.39, 0.29) is 5.96 Å². The Bertz CT molecular complexity index is 391. The minimum absolute atomic E-state index is 0.0636. The van der Waals surface area contributed by atoms with E-state index in [9.17, 15) is 0 Å². The van der Waals surface area contributed by atoms with Crippen LogP contribution in [0, 0.1) is 0 Å². The molecule has 0 aromatic heterocycles. The van der Waals surface area contributed by atoms with Crippen LogP contribution in [-0.2, 0) is 0 Å². The van der Waals surface area contributed by atoms with Gasteiger partial charge in [0.25, 0.3) is 0 Å². The standard InChI is InChI=1S/C10H11BrN4/c11-9(7-14-15-10(12)13)6-8-4-2-1-3-5-8/h1-7H,(H4,12,13,15)/b9-6+,14-7-. The second kappa shape index (κ2) is 5.98. The lowest BCUT2D eigenvalue weighted by Crippen LogP contribution is -2.21. The van der Waals surface area contributed by atoms with E-state index in [2.05, 4.69) is 26.1 Å². The van der Waals surface area contributed by atoms with Gasteiger partial charge in [-0.2, -0.15) is 5.10 Å². The van der Waals surface area contributed by atoms with Crippen LogP contribution in [0.15, 0.2) is 45.0 Å². The van der Waals surface area contributed by atoms with Crippen molar-refractivity contribution in [2.45, 2.75) is 0 Å². The fourth-order valence-electron chi connectivity index (χ4n) is 0.896. The molecule has 0 spiro atoms. The summed E-state index contributed by atoms with van der Waals surface area (Å²) in [6.07, 6.45) is 3.43. The van der Waals surface area contributed by atoms with Crippen molar-refractivity contribution in [3.63, 3.8) is 0 Å². The molecule has 0 amide bonds. The summed E-state index contributed by atoms with van der Waals surface area (Å²) in [5, 5.41) is 7.14. The molecule has 5 heteroatoms. The predicted octanol–water partition coefficient (Wildman–Crippen LogP) is 1.68. The Morgan fingerprint density at radius 3 is 2.47 bits per heavy atom. The zero-order valence-electron chi connectivity index (χ0n) is 7.97. The molecule has 0 aliphatic carbocycles. The summed E-state index contributed by atoms with van der Waals surface area (Å²) in [6, 6.07) is 9.84. The molecule has 78 valence electrons. The first-order valence-electron chi connectivity index (χ1n) is 4.22. The van der Waals surface area contributed by atoms with Crippen molar-refractivity contribution < 1.29 is 0 Å². The van der Waals surface area contributed by atoms with Gasteiger partial charge in [0.2, 0.25) is 5.96 Å². The number of halogens is 1. The van der Waals surface area contributed by atoms with Gasteiger partial charge in [0, 0.05) is 4.48 Å². The van der Waals surface area contributed by atoms with Crippen molar-refractivity contribution >= 4 is 34.2 Å². The van der Waals surface area contributed by atoms with Gasteiger partial charge in [-0.1, -0.05) is 30.3 Å². The van der Waals surface area contributed by atoms with Crippen LogP contribution < -0.4 is 11.5 Å². The Morgan fingerprint density at radius 1 is 1.20 bits per heavy atom. The summed E-state index contributed by atoms with van der Waals surface area (Å²) >= 11 is 3.33. The Kier molecular flexibility index (Phi) is 4.56. The van der Waals surface area contributed by atoms with Crippen LogP contribution in [0.2, 0.25) is 0 Å². The topological polar surface area (TPSA) is 76.8 Å². The third-order valence-electron chi connectivity index (χ3n) is 1.46. The molecule has 15 heavy (non-hydrogen) atoms. The van der Waals surface area contributed by atoms with Gasteiger partial charge < -0.3 is 11.5 Å². The summed E-state index contributed by atoms with van der Waals surface area (Å²) in [6.45, 7) is 0.